The summed E-state index contributed by atoms with van der Waals surface area (Å²) in [6, 6.07) is 1.66. The SMILES string of the molecule is COc1cc(C(C)O)c(CCOC(N)=O)cn1. The summed E-state index contributed by atoms with van der Waals surface area (Å²) < 4.78 is 9.61. The predicted molar refractivity (Wildman–Crippen MR) is 60.7 cm³/mol. The highest BCUT2D eigenvalue weighted by Crippen LogP contribution is 2.21. The molecule has 6 heteroatoms. The van der Waals surface area contributed by atoms with Crippen molar-refractivity contribution in [1.29, 1.82) is 0 Å². The van der Waals surface area contributed by atoms with Crippen LogP contribution in [0.2, 0.25) is 0 Å². The number of aromatic nitrogens is 1. The van der Waals surface area contributed by atoms with E-state index in [0.29, 0.717) is 17.9 Å². The Morgan fingerprint density at radius 1 is 1.65 bits per heavy atom. The topological polar surface area (TPSA) is 94.7 Å². The molecular formula is C11H16N2O4. The van der Waals surface area contributed by atoms with E-state index in [1.807, 2.05) is 0 Å². The molecule has 1 rings (SSSR count). The summed E-state index contributed by atoms with van der Waals surface area (Å²) in [4.78, 5) is 14.5. The van der Waals surface area contributed by atoms with Crippen LogP contribution in [-0.4, -0.2) is 29.9 Å². The van der Waals surface area contributed by atoms with Crippen molar-refractivity contribution in [3.05, 3.63) is 23.4 Å². The van der Waals surface area contributed by atoms with Gasteiger partial charge in [-0.3, -0.25) is 0 Å². The quantitative estimate of drug-likeness (QED) is 0.793. The molecule has 0 aliphatic carbocycles. The zero-order valence-electron chi connectivity index (χ0n) is 9.84. The molecule has 0 saturated heterocycles. The molecule has 1 aromatic heterocycles. The third-order valence-corrected chi connectivity index (χ3v) is 2.27. The van der Waals surface area contributed by atoms with E-state index in [-0.39, 0.29) is 6.61 Å². The van der Waals surface area contributed by atoms with Crippen molar-refractivity contribution in [2.24, 2.45) is 5.73 Å². The minimum absolute atomic E-state index is 0.156. The average molecular weight is 240 g/mol. The predicted octanol–water partition coefficient (Wildman–Crippen LogP) is 0.781. The van der Waals surface area contributed by atoms with Gasteiger partial charge in [0.25, 0.3) is 0 Å². The first-order valence-corrected chi connectivity index (χ1v) is 5.17. The first kappa shape index (κ1) is 13.2. The Morgan fingerprint density at radius 2 is 2.35 bits per heavy atom. The molecule has 1 aromatic rings. The number of carbonyl (C=O) groups is 1. The van der Waals surface area contributed by atoms with Crippen LogP contribution in [0, 0.1) is 0 Å². The number of nitrogens with two attached hydrogens (primary N) is 1. The van der Waals surface area contributed by atoms with Gasteiger partial charge in [0.1, 0.15) is 0 Å². The van der Waals surface area contributed by atoms with Crippen molar-refractivity contribution in [2.75, 3.05) is 13.7 Å². The molecule has 1 atom stereocenters. The zero-order valence-corrected chi connectivity index (χ0v) is 9.84. The van der Waals surface area contributed by atoms with Gasteiger partial charge in [-0.1, -0.05) is 0 Å². The first-order valence-electron chi connectivity index (χ1n) is 5.17. The van der Waals surface area contributed by atoms with E-state index < -0.39 is 12.2 Å². The lowest BCUT2D eigenvalue weighted by molar-refractivity contribution is 0.157. The van der Waals surface area contributed by atoms with Crippen molar-refractivity contribution in [2.45, 2.75) is 19.4 Å². The van der Waals surface area contributed by atoms with Crippen LogP contribution >= 0.6 is 0 Å². The Balaban J connectivity index is 2.79. The van der Waals surface area contributed by atoms with Crippen LogP contribution in [-0.2, 0) is 11.2 Å². The van der Waals surface area contributed by atoms with Crippen LogP contribution in [0.4, 0.5) is 4.79 Å². The van der Waals surface area contributed by atoms with Crippen LogP contribution < -0.4 is 10.5 Å². The zero-order chi connectivity index (χ0) is 12.8. The number of carbonyl (C=O) groups excluding carboxylic acids is 1. The number of primary amides is 1. The van der Waals surface area contributed by atoms with Crippen molar-refractivity contribution >= 4 is 6.09 Å². The summed E-state index contributed by atoms with van der Waals surface area (Å²) in [6.45, 7) is 1.80. The summed E-state index contributed by atoms with van der Waals surface area (Å²) in [7, 11) is 1.50. The fraction of sp³-hybridized carbons (Fsp3) is 0.455. The molecule has 3 N–H and O–H groups in total. The number of aliphatic hydroxyl groups excluding tert-OH is 1. The van der Waals surface area contributed by atoms with Gasteiger partial charge in [-0.05, 0) is 18.1 Å². The molecule has 0 aliphatic heterocycles. The number of pyridine rings is 1. The second kappa shape index (κ2) is 6.05. The maximum absolute atomic E-state index is 10.4. The first-order chi connectivity index (χ1) is 8.04. The monoisotopic (exact) mass is 240 g/mol. The van der Waals surface area contributed by atoms with Crippen LogP contribution in [0.5, 0.6) is 5.88 Å². The molecule has 0 saturated carbocycles. The number of aliphatic hydroxyl groups is 1. The number of rotatable bonds is 5. The van der Waals surface area contributed by atoms with E-state index in [9.17, 15) is 9.90 Å². The third kappa shape index (κ3) is 3.92. The molecule has 1 amide bonds. The number of nitrogens with zero attached hydrogens (tertiary/aromatic N) is 1. The number of ether oxygens (including phenoxy) is 2. The summed E-state index contributed by atoms with van der Waals surface area (Å²) in [6.07, 6.45) is 0.575. The van der Waals surface area contributed by atoms with Crippen LogP contribution in [0.3, 0.4) is 0 Å². The number of amides is 1. The standard InChI is InChI=1S/C11H16N2O4/c1-7(14)9-5-10(16-2)13-6-8(9)3-4-17-11(12)15/h5-7,14H,3-4H2,1-2H3,(H2,12,15). The minimum Gasteiger partial charge on any atom is -0.481 e. The van der Waals surface area contributed by atoms with Gasteiger partial charge in [0.15, 0.2) is 0 Å². The maximum Gasteiger partial charge on any atom is 0.404 e. The fourth-order valence-corrected chi connectivity index (χ4v) is 1.45. The van der Waals surface area contributed by atoms with Crippen LogP contribution in [0.25, 0.3) is 0 Å². The van der Waals surface area contributed by atoms with Gasteiger partial charge in [-0.25, -0.2) is 9.78 Å². The summed E-state index contributed by atoms with van der Waals surface area (Å²) in [5.41, 5.74) is 6.35. The van der Waals surface area contributed by atoms with E-state index in [4.69, 9.17) is 10.5 Å². The lowest BCUT2D eigenvalue weighted by atomic mass is 10.0. The molecule has 0 fully saturated rings. The van der Waals surface area contributed by atoms with Crippen molar-refractivity contribution < 1.29 is 19.4 Å². The second-order valence-electron chi connectivity index (χ2n) is 3.52. The van der Waals surface area contributed by atoms with E-state index in [0.717, 1.165) is 5.56 Å². The largest absolute Gasteiger partial charge is 0.481 e. The van der Waals surface area contributed by atoms with E-state index in [1.54, 1.807) is 19.2 Å². The number of hydrogen-bond acceptors (Lipinski definition) is 5. The van der Waals surface area contributed by atoms with Gasteiger partial charge in [-0.2, -0.15) is 0 Å². The average Bonchev–Trinajstić information content (AvgIpc) is 2.28. The number of hydrogen-bond donors (Lipinski definition) is 2. The van der Waals surface area contributed by atoms with Gasteiger partial charge in [0.2, 0.25) is 5.88 Å². The van der Waals surface area contributed by atoms with Gasteiger partial charge >= 0.3 is 6.09 Å². The third-order valence-electron chi connectivity index (χ3n) is 2.27. The minimum atomic E-state index is -0.815. The normalized spacial score (nSPS) is 11.9. The Hall–Kier alpha value is -1.82. The van der Waals surface area contributed by atoms with Gasteiger partial charge in [0.05, 0.1) is 19.8 Å². The van der Waals surface area contributed by atoms with Gasteiger partial charge in [-0.15, -0.1) is 0 Å². The molecule has 0 aromatic carbocycles. The molecule has 6 nitrogen and oxygen atoms in total. The highest BCUT2D eigenvalue weighted by atomic mass is 16.5. The molecular weight excluding hydrogens is 224 g/mol. The Bertz CT molecular complexity index is 393. The van der Waals surface area contributed by atoms with E-state index >= 15 is 0 Å². The van der Waals surface area contributed by atoms with Crippen molar-refractivity contribution in [3.8, 4) is 5.88 Å². The van der Waals surface area contributed by atoms with Crippen molar-refractivity contribution in [3.63, 3.8) is 0 Å². The molecule has 17 heavy (non-hydrogen) atoms. The summed E-state index contributed by atoms with van der Waals surface area (Å²) in [5, 5.41) is 9.62. The lowest BCUT2D eigenvalue weighted by Gasteiger charge is -2.12. The molecule has 1 unspecified atom stereocenters. The molecule has 0 aliphatic rings. The van der Waals surface area contributed by atoms with Crippen LogP contribution in [0.1, 0.15) is 24.2 Å². The Labute approximate surface area is 99.4 Å². The Kier molecular flexibility index (Phi) is 4.71. The molecule has 1 heterocycles. The van der Waals surface area contributed by atoms with E-state index in [2.05, 4.69) is 9.72 Å². The lowest BCUT2D eigenvalue weighted by Crippen LogP contribution is -2.15. The van der Waals surface area contributed by atoms with Gasteiger partial charge < -0.3 is 20.3 Å². The summed E-state index contributed by atoms with van der Waals surface area (Å²) >= 11 is 0. The smallest absolute Gasteiger partial charge is 0.404 e. The molecule has 0 bridgehead atoms. The maximum atomic E-state index is 10.4. The molecule has 0 spiro atoms. The molecule has 94 valence electrons. The van der Waals surface area contributed by atoms with Gasteiger partial charge in [0, 0.05) is 18.7 Å². The highest BCUT2D eigenvalue weighted by molar-refractivity contribution is 5.64. The highest BCUT2D eigenvalue weighted by Gasteiger charge is 2.10. The van der Waals surface area contributed by atoms with Crippen LogP contribution in [0.15, 0.2) is 12.3 Å². The number of methoxy groups -OCH3 is 1. The van der Waals surface area contributed by atoms with Crippen molar-refractivity contribution in [1.82, 2.24) is 4.98 Å². The second-order valence-corrected chi connectivity index (χ2v) is 3.52. The molecule has 0 radical (unpaired) electrons. The Morgan fingerprint density at radius 3 is 2.88 bits per heavy atom. The van der Waals surface area contributed by atoms with E-state index in [1.165, 1.54) is 7.11 Å². The summed E-state index contributed by atoms with van der Waals surface area (Å²) in [5.74, 6) is 0.431. The fourth-order valence-electron chi connectivity index (χ4n) is 1.45.